The molecule has 0 saturated carbocycles. The average molecular weight is 280 g/mol. The van der Waals surface area contributed by atoms with E-state index in [1.54, 1.807) is 17.1 Å². The monoisotopic (exact) mass is 280 g/mol. The predicted molar refractivity (Wildman–Crippen MR) is 81.5 cm³/mol. The van der Waals surface area contributed by atoms with Crippen molar-refractivity contribution in [3.05, 3.63) is 66.0 Å². The molecule has 0 amide bonds. The summed E-state index contributed by atoms with van der Waals surface area (Å²) in [6, 6.07) is 15.3. The Labute approximate surface area is 122 Å². The third kappa shape index (κ3) is 3.02. The Balaban J connectivity index is 1.69. The van der Waals surface area contributed by atoms with Gasteiger partial charge in [-0.3, -0.25) is 0 Å². The van der Waals surface area contributed by atoms with Crippen molar-refractivity contribution >= 4 is 5.69 Å². The lowest BCUT2D eigenvalue weighted by Gasteiger charge is -2.06. The van der Waals surface area contributed by atoms with Gasteiger partial charge in [0.1, 0.15) is 11.4 Å². The van der Waals surface area contributed by atoms with Crippen LogP contribution in [0.5, 0.6) is 5.75 Å². The lowest BCUT2D eigenvalue weighted by Crippen LogP contribution is -2.02. The molecule has 2 aromatic carbocycles. The summed E-state index contributed by atoms with van der Waals surface area (Å²) < 4.78 is 0. The number of hydrogen-bond acceptors (Lipinski definition) is 4. The molecule has 3 aromatic rings. The van der Waals surface area contributed by atoms with E-state index < -0.39 is 0 Å². The second-order valence-corrected chi connectivity index (χ2v) is 4.82. The normalized spacial score (nSPS) is 10.5. The molecule has 5 heteroatoms. The molecule has 0 aliphatic rings. The maximum absolute atomic E-state index is 9.68. The van der Waals surface area contributed by atoms with Crippen LogP contribution in [-0.4, -0.2) is 20.1 Å². The van der Waals surface area contributed by atoms with Crippen LogP contribution in [0.1, 0.15) is 11.3 Å². The molecule has 21 heavy (non-hydrogen) atoms. The lowest BCUT2D eigenvalue weighted by atomic mass is 10.2. The minimum Gasteiger partial charge on any atom is -0.508 e. The van der Waals surface area contributed by atoms with E-state index in [4.69, 9.17) is 0 Å². The third-order valence-electron chi connectivity index (χ3n) is 3.21. The molecule has 0 aliphatic carbocycles. The molecule has 1 heterocycles. The second-order valence-electron chi connectivity index (χ2n) is 4.82. The Morgan fingerprint density at radius 2 is 1.95 bits per heavy atom. The highest BCUT2D eigenvalue weighted by Crippen LogP contribution is 2.21. The van der Waals surface area contributed by atoms with E-state index in [0.29, 0.717) is 6.54 Å². The van der Waals surface area contributed by atoms with Gasteiger partial charge in [-0.25, -0.2) is 0 Å². The van der Waals surface area contributed by atoms with Crippen LogP contribution in [0.2, 0.25) is 0 Å². The number of aryl methyl sites for hydroxylation is 1. The van der Waals surface area contributed by atoms with Crippen molar-refractivity contribution in [1.29, 1.82) is 0 Å². The Morgan fingerprint density at radius 3 is 2.71 bits per heavy atom. The Bertz CT molecular complexity index is 737. The van der Waals surface area contributed by atoms with Crippen molar-refractivity contribution in [2.75, 3.05) is 5.32 Å². The summed E-state index contributed by atoms with van der Waals surface area (Å²) in [5.74, 6) is 0.285. The van der Waals surface area contributed by atoms with Gasteiger partial charge in [-0.15, -0.1) is 0 Å². The Hall–Kier alpha value is -2.82. The molecular weight excluding hydrogens is 264 g/mol. The van der Waals surface area contributed by atoms with Crippen molar-refractivity contribution in [3.63, 3.8) is 0 Å². The fourth-order valence-electron chi connectivity index (χ4n) is 1.97. The number of nitrogens with one attached hydrogen (secondary N) is 1. The smallest absolute Gasteiger partial charge is 0.120 e. The number of anilines is 1. The summed E-state index contributed by atoms with van der Waals surface area (Å²) in [5, 5.41) is 21.6. The van der Waals surface area contributed by atoms with Crippen LogP contribution in [0.4, 0.5) is 5.69 Å². The van der Waals surface area contributed by atoms with E-state index in [2.05, 4.69) is 15.5 Å². The van der Waals surface area contributed by atoms with E-state index >= 15 is 0 Å². The number of aromatic nitrogens is 3. The summed E-state index contributed by atoms with van der Waals surface area (Å²) in [7, 11) is 0. The predicted octanol–water partition coefficient (Wildman–Crippen LogP) is 2.89. The van der Waals surface area contributed by atoms with Gasteiger partial charge >= 0.3 is 0 Å². The maximum Gasteiger partial charge on any atom is 0.120 e. The number of rotatable bonds is 4. The number of hydrogen-bond donors (Lipinski definition) is 2. The zero-order valence-corrected chi connectivity index (χ0v) is 11.7. The fraction of sp³-hybridized carbons (Fsp3) is 0.125. The summed E-state index contributed by atoms with van der Waals surface area (Å²) in [5.41, 5.74) is 3.47. The van der Waals surface area contributed by atoms with Crippen LogP contribution < -0.4 is 5.32 Å². The molecule has 0 radical (unpaired) electrons. The zero-order chi connectivity index (χ0) is 14.7. The summed E-state index contributed by atoms with van der Waals surface area (Å²) in [4.78, 5) is 1.60. The average Bonchev–Trinajstić information content (AvgIpc) is 2.98. The van der Waals surface area contributed by atoms with Gasteiger partial charge in [0.25, 0.3) is 0 Å². The number of aromatic hydroxyl groups is 1. The first-order chi connectivity index (χ1) is 10.2. The zero-order valence-electron chi connectivity index (χ0n) is 11.7. The highest BCUT2D eigenvalue weighted by atomic mass is 16.3. The van der Waals surface area contributed by atoms with Gasteiger partial charge in [0, 0.05) is 11.8 Å². The number of phenols is 1. The largest absolute Gasteiger partial charge is 0.508 e. The minimum atomic E-state index is 0.285. The SMILES string of the molecule is Cc1ccc(NCc2cnn(-c3ccccc3)n2)cc1O. The van der Waals surface area contributed by atoms with E-state index in [0.717, 1.165) is 22.6 Å². The molecular formula is C16H16N4O. The molecule has 5 nitrogen and oxygen atoms in total. The highest BCUT2D eigenvalue weighted by molar-refractivity contribution is 5.50. The number of benzene rings is 2. The van der Waals surface area contributed by atoms with E-state index in [-0.39, 0.29) is 5.75 Å². The topological polar surface area (TPSA) is 63.0 Å². The van der Waals surface area contributed by atoms with Crippen molar-refractivity contribution in [2.45, 2.75) is 13.5 Å². The van der Waals surface area contributed by atoms with Crippen LogP contribution >= 0.6 is 0 Å². The standard InChI is InChI=1S/C16H16N4O/c1-12-7-8-13(9-16(12)21)17-10-14-11-18-20(19-14)15-5-3-2-4-6-15/h2-9,11,17,21H,10H2,1H3. The third-order valence-corrected chi connectivity index (χ3v) is 3.21. The Morgan fingerprint density at radius 1 is 1.14 bits per heavy atom. The van der Waals surface area contributed by atoms with Gasteiger partial charge in [-0.2, -0.15) is 15.0 Å². The second kappa shape index (κ2) is 5.66. The molecule has 0 atom stereocenters. The first-order valence-corrected chi connectivity index (χ1v) is 6.72. The molecule has 0 fully saturated rings. The first-order valence-electron chi connectivity index (χ1n) is 6.72. The van der Waals surface area contributed by atoms with Crippen molar-refractivity contribution in [3.8, 4) is 11.4 Å². The minimum absolute atomic E-state index is 0.285. The molecule has 106 valence electrons. The van der Waals surface area contributed by atoms with Crippen LogP contribution in [-0.2, 0) is 6.54 Å². The molecule has 1 aromatic heterocycles. The van der Waals surface area contributed by atoms with Crippen molar-refractivity contribution < 1.29 is 5.11 Å². The van der Waals surface area contributed by atoms with E-state index in [1.165, 1.54) is 0 Å². The van der Waals surface area contributed by atoms with Gasteiger partial charge < -0.3 is 10.4 Å². The molecule has 0 spiro atoms. The molecule has 2 N–H and O–H groups in total. The number of phenolic OH excluding ortho intramolecular Hbond substituents is 1. The van der Waals surface area contributed by atoms with E-state index in [9.17, 15) is 5.11 Å². The van der Waals surface area contributed by atoms with Gasteiger partial charge in [0.2, 0.25) is 0 Å². The number of para-hydroxylation sites is 1. The molecule has 0 aliphatic heterocycles. The highest BCUT2D eigenvalue weighted by Gasteiger charge is 2.03. The van der Waals surface area contributed by atoms with E-state index in [1.807, 2.05) is 49.4 Å². The molecule has 0 unspecified atom stereocenters. The van der Waals surface area contributed by atoms with Crippen LogP contribution in [0.15, 0.2) is 54.7 Å². The summed E-state index contributed by atoms with van der Waals surface area (Å²) in [6.45, 7) is 2.42. The van der Waals surface area contributed by atoms with Crippen molar-refractivity contribution in [1.82, 2.24) is 15.0 Å². The van der Waals surface area contributed by atoms with Gasteiger partial charge in [-0.05, 0) is 30.7 Å². The molecule has 3 rings (SSSR count). The molecule has 0 saturated heterocycles. The number of nitrogens with zero attached hydrogens (tertiary/aromatic N) is 3. The van der Waals surface area contributed by atoms with Crippen LogP contribution in [0.25, 0.3) is 5.69 Å². The van der Waals surface area contributed by atoms with Gasteiger partial charge in [-0.1, -0.05) is 24.3 Å². The first kappa shape index (κ1) is 13.2. The maximum atomic E-state index is 9.68. The van der Waals surface area contributed by atoms with Gasteiger partial charge in [0.15, 0.2) is 0 Å². The van der Waals surface area contributed by atoms with Crippen LogP contribution in [0.3, 0.4) is 0 Å². The Kier molecular flexibility index (Phi) is 3.55. The fourth-order valence-corrected chi connectivity index (χ4v) is 1.97. The lowest BCUT2D eigenvalue weighted by molar-refractivity contribution is 0.471. The van der Waals surface area contributed by atoms with Crippen LogP contribution in [0, 0.1) is 6.92 Å². The van der Waals surface area contributed by atoms with Crippen molar-refractivity contribution in [2.24, 2.45) is 0 Å². The van der Waals surface area contributed by atoms with Gasteiger partial charge in [0.05, 0.1) is 18.4 Å². The molecule has 0 bridgehead atoms. The quantitative estimate of drug-likeness (QED) is 0.771. The summed E-state index contributed by atoms with van der Waals surface area (Å²) in [6.07, 6.45) is 1.73. The summed E-state index contributed by atoms with van der Waals surface area (Å²) >= 11 is 0.